The Morgan fingerprint density at radius 1 is 1.53 bits per heavy atom. The van der Waals surface area contributed by atoms with Crippen LogP contribution in [0.15, 0.2) is 18.2 Å². The molecule has 0 saturated carbocycles. The van der Waals surface area contributed by atoms with Crippen molar-refractivity contribution in [2.75, 3.05) is 26.7 Å². The van der Waals surface area contributed by atoms with Gasteiger partial charge in [-0.1, -0.05) is 17.7 Å². The summed E-state index contributed by atoms with van der Waals surface area (Å²) in [5.41, 5.74) is 0.681. The predicted molar refractivity (Wildman–Crippen MR) is 68.7 cm³/mol. The lowest BCUT2D eigenvalue weighted by Crippen LogP contribution is -2.25. The Labute approximate surface area is 107 Å². The fraction of sp³-hybridized carbons (Fsp3) is 0.538. The minimum atomic E-state index is -0.228. The van der Waals surface area contributed by atoms with E-state index in [9.17, 15) is 4.39 Å². The molecule has 1 fully saturated rings. The molecule has 4 heteroatoms. The summed E-state index contributed by atoms with van der Waals surface area (Å²) in [6, 6.07) is 4.83. The molecular weight excluding hydrogens is 239 g/mol. The molecular formula is C13H18ClFN2. The maximum absolute atomic E-state index is 13.5. The van der Waals surface area contributed by atoms with E-state index in [0.29, 0.717) is 23.0 Å². The second-order valence-electron chi connectivity index (χ2n) is 4.78. The average molecular weight is 257 g/mol. The van der Waals surface area contributed by atoms with Crippen molar-refractivity contribution in [3.05, 3.63) is 34.6 Å². The zero-order valence-corrected chi connectivity index (χ0v) is 10.8. The first-order chi connectivity index (χ1) is 8.15. The van der Waals surface area contributed by atoms with Gasteiger partial charge in [-0.05, 0) is 44.6 Å². The van der Waals surface area contributed by atoms with E-state index >= 15 is 0 Å². The molecule has 1 aliphatic rings. The third-order valence-electron chi connectivity index (χ3n) is 3.25. The minimum absolute atomic E-state index is 0.228. The van der Waals surface area contributed by atoms with Gasteiger partial charge in [0.15, 0.2) is 0 Å². The predicted octanol–water partition coefficient (Wildman–Crippen LogP) is 2.52. The number of hydrogen-bond acceptors (Lipinski definition) is 2. The van der Waals surface area contributed by atoms with Gasteiger partial charge in [0.05, 0.1) is 0 Å². The van der Waals surface area contributed by atoms with E-state index in [2.05, 4.69) is 17.3 Å². The summed E-state index contributed by atoms with van der Waals surface area (Å²) in [5.74, 6) is 0.462. The normalized spacial score (nSPS) is 21.0. The Bertz CT molecular complexity index is 384. The maximum Gasteiger partial charge on any atom is 0.129 e. The van der Waals surface area contributed by atoms with Crippen molar-refractivity contribution >= 4 is 11.6 Å². The number of halogens is 2. The van der Waals surface area contributed by atoms with Crippen LogP contribution in [0.4, 0.5) is 4.39 Å². The fourth-order valence-corrected chi connectivity index (χ4v) is 2.43. The van der Waals surface area contributed by atoms with Crippen molar-refractivity contribution in [1.82, 2.24) is 10.2 Å². The summed E-state index contributed by atoms with van der Waals surface area (Å²) in [4.78, 5) is 2.33. The van der Waals surface area contributed by atoms with Gasteiger partial charge in [0, 0.05) is 23.7 Å². The van der Waals surface area contributed by atoms with E-state index in [1.807, 2.05) is 0 Å². The summed E-state index contributed by atoms with van der Waals surface area (Å²) in [5, 5.41) is 3.76. The standard InChI is InChI=1S/C13H18ClFN2/c1-17-5-4-10(9-17)7-16-8-11-2-3-12(14)6-13(11)15/h2-3,6,10,16H,4-5,7-9H2,1H3. The first kappa shape index (κ1) is 12.8. The first-order valence-corrected chi connectivity index (χ1v) is 6.36. The second-order valence-corrected chi connectivity index (χ2v) is 5.22. The van der Waals surface area contributed by atoms with Crippen LogP contribution in [-0.2, 0) is 6.54 Å². The highest BCUT2D eigenvalue weighted by atomic mass is 35.5. The fourth-order valence-electron chi connectivity index (χ4n) is 2.27. The Morgan fingerprint density at radius 2 is 2.35 bits per heavy atom. The van der Waals surface area contributed by atoms with Crippen LogP contribution in [0, 0.1) is 11.7 Å². The average Bonchev–Trinajstić information content (AvgIpc) is 2.68. The molecule has 1 unspecified atom stereocenters. The van der Waals surface area contributed by atoms with E-state index < -0.39 is 0 Å². The first-order valence-electron chi connectivity index (χ1n) is 5.98. The molecule has 0 aromatic heterocycles. The number of nitrogens with zero attached hydrogens (tertiary/aromatic N) is 1. The van der Waals surface area contributed by atoms with Gasteiger partial charge in [0.2, 0.25) is 0 Å². The number of hydrogen-bond donors (Lipinski definition) is 1. The summed E-state index contributed by atoms with van der Waals surface area (Å²) >= 11 is 5.70. The summed E-state index contributed by atoms with van der Waals surface area (Å²) in [6.07, 6.45) is 1.23. The van der Waals surface area contributed by atoms with Crippen molar-refractivity contribution in [2.45, 2.75) is 13.0 Å². The van der Waals surface area contributed by atoms with E-state index in [-0.39, 0.29) is 5.82 Å². The van der Waals surface area contributed by atoms with Crippen molar-refractivity contribution < 1.29 is 4.39 Å². The zero-order valence-electron chi connectivity index (χ0n) is 10.0. The van der Waals surface area contributed by atoms with Crippen LogP contribution in [0.5, 0.6) is 0 Å². The van der Waals surface area contributed by atoms with Gasteiger partial charge in [-0.15, -0.1) is 0 Å². The highest BCUT2D eigenvalue weighted by molar-refractivity contribution is 6.30. The highest BCUT2D eigenvalue weighted by Crippen LogP contribution is 2.15. The molecule has 1 aromatic rings. The molecule has 94 valence electrons. The van der Waals surface area contributed by atoms with Crippen LogP contribution in [0.3, 0.4) is 0 Å². The Hall–Kier alpha value is -0.640. The van der Waals surface area contributed by atoms with Crippen LogP contribution in [0.2, 0.25) is 5.02 Å². The molecule has 2 rings (SSSR count). The summed E-state index contributed by atoms with van der Waals surface area (Å²) in [6.45, 7) is 3.83. The number of likely N-dealkylation sites (tertiary alicyclic amines) is 1. The van der Waals surface area contributed by atoms with Crippen LogP contribution in [0.25, 0.3) is 0 Å². The van der Waals surface area contributed by atoms with Crippen LogP contribution >= 0.6 is 11.6 Å². The SMILES string of the molecule is CN1CCC(CNCc2ccc(Cl)cc2F)C1. The Balaban J connectivity index is 1.78. The van der Waals surface area contributed by atoms with Crippen molar-refractivity contribution in [3.63, 3.8) is 0 Å². The quantitative estimate of drug-likeness (QED) is 0.891. The van der Waals surface area contributed by atoms with Gasteiger partial charge < -0.3 is 10.2 Å². The monoisotopic (exact) mass is 256 g/mol. The van der Waals surface area contributed by atoms with E-state index in [1.165, 1.54) is 19.0 Å². The number of rotatable bonds is 4. The van der Waals surface area contributed by atoms with Gasteiger partial charge in [0.25, 0.3) is 0 Å². The lowest BCUT2D eigenvalue weighted by atomic mass is 10.1. The third kappa shape index (κ3) is 3.66. The molecule has 0 bridgehead atoms. The van der Waals surface area contributed by atoms with Crippen LogP contribution < -0.4 is 5.32 Å². The molecule has 1 atom stereocenters. The largest absolute Gasteiger partial charge is 0.312 e. The molecule has 1 heterocycles. The maximum atomic E-state index is 13.5. The molecule has 17 heavy (non-hydrogen) atoms. The molecule has 1 aliphatic heterocycles. The molecule has 1 N–H and O–H groups in total. The molecule has 0 radical (unpaired) electrons. The van der Waals surface area contributed by atoms with Gasteiger partial charge in [-0.2, -0.15) is 0 Å². The smallest absolute Gasteiger partial charge is 0.129 e. The second kappa shape index (κ2) is 5.80. The van der Waals surface area contributed by atoms with E-state index in [1.54, 1.807) is 12.1 Å². The molecule has 2 nitrogen and oxygen atoms in total. The van der Waals surface area contributed by atoms with E-state index in [0.717, 1.165) is 13.1 Å². The molecule has 0 amide bonds. The third-order valence-corrected chi connectivity index (χ3v) is 3.49. The zero-order chi connectivity index (χ0) is 12.3. The van der Waals surface area contributed by atoms with Crippen molar-refractivity contribution in [1.29, 1.82) is 0 Å². The van der Waals surface area contributed by atoms with Crippen molar-refractivity contribution in [2.24, 2.45) is 5.92 Å². The highest BCUT2D eigenvalue weighted by Gasteiger charge is 2.18. The Morgan fingerprint density at radius 3 is 3.00 bits per heavy atom. The topological polar surface area (TPSA) is 15.3 Å². The summed E-state index contributed by atoms with van der Waals surface area (Å²) < 4.78 is 13.5. The van der Waals surface area contributed by atoms with Crippen molar-refractivity contribution in [3.8, 4) is 0 Å². The van der Waals surface area contributed by atoms with E-state index in [4.69, 9.17) is 11.6 Å². The molecule has 0 spiro atoms. The number of nitrogens with one attached hydrogen (secondary N) is 1. The van der Waals surface area contributed by atoms with Crippen LogP contribution in [-0.4, -0.2) is 31.6 Å². The van der Waals surface area contributed by atoms with Gasteiger partial charge >= 0.3 is 0 Å². The van der Waals surface area contributed by atoms with Gasteiger partial charge in [0.1, 0.15) is 5.82 Å². The van der Waals surface area contributed by atoms with Crippen LogP contribution in [0.1, 0.15) is 12.0 Å². The molecule has 1 aromatic carbocycles. The Kier molecular flexibility index (Phi) is 4.37. The molecule has 0 aliphatic carbocycles. The lowest BCUT2D eigenvalue weighted by molar-refractivity contribution is 0.387. The molecule has 1 saturated heterocycles. The lowest BCUT2D eigenvalue weighted by Gasteiger charge is -2.12. The minimum Gasteiger partial charge on any atom is -0.312 e. The van der Waals surface area contributed by atoms with Gasteiger partial charge in [-0.3, -0.25) is 0 Å². The summed E-state index contributed by atoms with van der Waals surface area (Å²) in [7, 11) is 2.14. The number of benzene rings is 1. The van der Waals surface area contributed by atoms with Gasteiger partial charge in [-0.25, -0.2) is 4.39 Å².